The number of rotatable bonds is 3. The topological polar surface area (TPSA) is 55.1 Å². The van der Waals surface area contributed by atoms with Crippen LogP contribution in [0.15, 0.2) is 16.6 Å². The maximum absolute atomic E-state index is 11.2. The van der Waals surface area contributed by atoms with Gasteiger partial charge >= 0.3 is 5.97 Å². The van der Waals surface area contributed by atoms with E-state index in [4.69, 9.17) is 0 Å². The van der Waals surface area contributed by atoms with Gasteiger partial charge < -0.3 is 5.11 Å². The molecule has 2 rings (SSSR count). The van der Waals surface area contributed by atoms with Gasteiger partial charge in [0.15, 0.2) is 5.69 Å². The van der Waals surface area contributed by atoms with Crippen LogP contribution in [0.4, 0.5) is 0 Å². The lowest BCUT2D eigenvalue weighted by Gasteiger charge is -2.13. The molecular weight excluding hydrogens is 320 g/mol. The first kappa shape index (κ1) is 14.8. The molecule has 0 unspecified atom stereocenters. The number of carboxylic acid groups (broad SMARTS) is 1. The van der Waals surface area contributed by atoms with Crippen molar-refractivity contribution in [3.63, 3.8) is 0 Å². The number of halogens is 1. The number of aromatic nitrogens is 2. The summed E-state index contributed by atoms with van der Waals surface area (Å²) in [5.41, 5.74) is 5.49. The Morgan fingerprint density at radius 3 is 2.50 bits per heavy atom. The molecule has 4 nitrogen and oxygen atoms in total. The fourth-order valence-corrected chi connectivity index (χ4v) is 2.94. The van der Waals surface area contributed by atoms with Crippen LogP contribution in [-0.4, -0.2) is 20.9 Å². The molecule has 2 aromatic rings. The van der Waals surface area contributed by atoms with Crippen LogP contribution < -0.4 is 0 Å². The highest BCUT2D eigenvalue weighted by Gasteiger charge is 2.22. The largest absolute Gasteiger partial charge is 0.476 e. The number of hydrogen-bond acceptors (Lipinski definition) is 2. The Hall–Kier alpha value is -1.62. The number of hydrogen-bond donors (Lipinski definition) is 1. The first-order valence-corrected chi connectivity index (χ1v) is 7.24. The second kappa shape index (κ2) is 5.40. The second-order valence-electron chi connectivity index (χ2n) is 4.81. The Morgan fingerprint density at radius 1 is 1.30 bits per heavy atom. The lowest BCUT2D eigenvalue weighted by atomic mass is 9.97. The van der Waals surface area contributed by atoms with Crippen LogP contribution in [0.2, 0.25) is 0 Å². The molecule has 1 heterocycles. The Morgan fingerprint density at radius 2 is 1.95 bits per heavy atom. The molecule has 0 saturated heterocycles. The van der Waals surface area contributed by atoms with Gasteiger partial charge in [0.05, 0.1) is 10.2 Å². The molecule has 1 aromatic heterocycles. The summed E-state index contributed by atoms with van der Waals surface area (Å²) in [6.07, 6.45) is 0. The predicted molar refractivity (Wildman–Crippen MR) is 82.2 cm³/mol. The van der Waals surface area contributed by atoms with Gasteiger partial charge in [0, 0.05) is 12.1 Å². The second-order valence-corrected chi connectivity index (χ2v) is 5.61. The average Bonchev–Trinajstić information content (AvgIpc) is 2.74. The van der Waals surface area contributed by atoms with Gasteiger partial charge in [-0.3, -0.25) is 4.68 Å². The summed E-state index contributed by atoms with van der Waals surface area (Å²) in [5, 5.41) is 13.4. The molecule has 0 amide bonds. The Bertz CT molecular complexity index is 690. The molecule has 0 fully saturated rings. The fraction of sp³-hybridized carbons (Fsp3) is 0.333. The normalized spacial score (nSPS) is 10.8. The fourth-order valence-electron chi connectivity index (χ4n) is 2.28. The van der Waals surface area contributed by atoms with Gasteiger partial charge in [0.1, 0.15) is 0 Å². The Kier molecular flexibility index (Phi) is 3.99. The minimum absolute atomic E-state index is 0.0551. The molecule has 0 spiro atoms. The van der Waals surface area contributed by atoms with E-state index in [9.17, 15) is 9.90 Å². The van der Waals surface area contributed by atoms with E-state index < -0.39 is 5.97 Å². The van der Waals surface area contributed by atoms with Crippen LogP contribution >= 0.6 is 15.9 Å². The van der Waals surface area contributed by atoms with E-state index in [-0.39, 0.29) is 5.69 Å². The zero-order chi connectivity index (χ0) is 15.0. The number of benzene rings is 1. The van der Waals surface area contributed by atoms with E-state index in [1.165, 1.54) is 11.1 Å². The lowest BCUT2D eigenvalue weighted by Crippen LogP contribution is -2.03. The van der Waals surface area contributed by atoms with Crippen molar-refractivity contribution in [2.75, 3.05) is 0 Å². The first-order chi connectivity index (χ1) is 9.38. The number of carbonyl (C=O) groups is 1. The third kappa shape index (κ3) is 2.26. The van der Waals surface area contributed by atoms with Crippen molar-refractivity contribution in [3.05, 3.63) is 39.0 Å². The van der Waals surface area contributed by atoms with Crippen molar-refractivity contribution in [2.24, 2.45) is 0 Å². The summed E-state index contributed by atoms with van der Waals surface area (Å²) in [5.74, 6) is -1.02. The minimum atomic E-state index is -1.02. The molecule has 0 aliphatic carbocycles. The average molecular weight is 337 g/mol. The van der Waals surface area contributed by atoms with Crippen LogP contribution in [0, 0.1) is 20.8 Å². The molecule has 0 radical (unpaired) electrons. The molecule has 1 N–H and O–H groups in total. The van der Waals surface area contributed by atoms with E-state index in [0.29, 0.717) is 11.0 Å². The highest BCUT2D eigenvalue weighted by Crippen LogP contribution is 2.35. The van der Waals surface area contributed by atoms with Crippen LogP contribution in [-0.2, 0) is 6.54 Å². The van der Waals surface area contributed by atoms with E-state index in [2.05, 4.69) is 47.9 Å². The molecule has 1 aromatic carbocycles. The lowest BCUT2D eigenvalue weighted by molar-refractivity contribution is 0.0688. The zero-order valence-corrected chi connectivity index (χ0v) is 13.6. The van der Waals surface area contributed by atoms with Gasteiger partial charge in [-0.05, 0) is 60.3 Å². The molecule has 0 saturated carbocycles. The number of aryl methyl sites for hydroxylation is 2. The van der Waals surface area contributed by atoms with Crippen LogP contribution in [0.1, 0.15) is 34.1 Å². The number of aromatic carboxylic acids is 1. The first-order valence-electron chi connectivity index (χ1n) is 6.45. The highest BCUT2D eigenvalue weighted by atomic mass is 79.9. The quantitative estimate of drug-likeness (QED) is 0.922. The number of nitrogens with zero attached hydrogens (tertiary/aromatic N) is 2. The third-order valence-electron chi connectivity index (χ3n) is 3.71. The molecule has 20 heavy (non-hydrogen) atoms. The Balaban J connectivity index is 2.76. The van der Waals surface area contributed by atoms with E-state index in [0.717, 1.165) is 16.8 Å². The molecule has 0 aliphatic rings. The monoisotopic (exact) mass is 336 g/mol. The third-order valence-corrected chi connectivity index (χ3v) is 4.46. The van der Waals surface area contributed by atoms with Gasteiger partial charge in [0.25, 0.3) is 0 Å². The minimum Gasteiger partial charge on any atom is -0.476 e. The molecule has 0 atom stereocenters. The summed E-state index contributed by atoms with van der Waals surface area (Å²) in [7, 11) is 0. The molecule has 0 aliphatic heterocycles. The summed E-state index contributed by atoms with van der Waals surface area (Å²) in [6, 6.07) is 4.08. The maximum atomic E-state index is 11.2. The van der Waals surface area contributed by atoms with Crippen molar-refractivity contribution in [2.45, 2.75) is 34.2 Å². The SMILES string of the molecule is CCn1nc(C(=O)O)c(Br)c1-c1ccc(C)c(C)c1C. The summed E-state index contributed by atoms with van der Waals surface area (Å²) in [6.45, 7) is 8.77. The van der Waals surface area contributed by atoms with E-state index >= 15 is 0 Å². The highest BCUT2D eigenvalue weighted by molar-refractivity contribution is 9.10. The van der Waals surface area contributed by atoms with Crippen molar-refractivity contribution >= 4 is 21.9 Å². The number of carboxylic acids is 1. The van der Waals surface area contributed by atoms with Crippen LogP contribution in [0.5, 0.6) is 0 Å². The molecule has 106 valence electrons. The van der Waals surface area contributed by atoms with E-state index in [1.54, 1.807) is 4.68 Å². The van der Waals surface area contributed by atoms with E-state index in [1.807, 2.05) is 13.0 Å². The van der Waals surface area contributed by atoms with Crippen LogP contribution in [0.25, 0.3) is 11.3 Å². The summed E-state index contributed by atoms with van der Waals surface area (Å²) < 4.78 is 2.27. The van der Waals surface area contributed by atoms with Gasteiger partial charge in [-0.2, -0.15) is 5.10 Å². The molecule has 0 bridgehead atoms. The van der Waals surface area contributed by atoms with Crippen LogP contribution in [0.3, 0.4) is 0 Å². The summed E-state index contributed by atoms with van der Waals surface area (Å²) in [4.78, 5) is 11.2. The van der Waals surface area contributed by atoms with Crippen molar-refractivity contribution in [1.29, 1.82) is 0 Å². The van der Waals surface area contributed by atoms with Gasteiger partial charge in [0.2, 0.25) is 0 Å². The van der Waals surface area contributed by atoms with Crippen molar-refractivity contribution in [3.8, 4) is 11.3 Å². The van der Waals surface area contributed by atoms with Crippen molar-refractivity contribution in [1.82, 2.24) is 9.78 Å². The molecule has 5 heteroatoms. The predicted octanol–water partition coefficient (Wildman–Crippen LogP) is 3.96. The Labute approximate surface area is 126 Å². The van der Waals surface area contributed by atoms with Gasteiger partial charge in [-0.1, -0.05) is 12.1 Å². The van der Waals surface area contributed by atoms with Gasteiger partial charge in [-0.15, -0.1) is 0 Å². The summed E-state index contributed by atoms with van der Waals surface area (Å²) >= 11 is 3.39. The standard InChI is InChI=1S/C15H17BrN2O2/c1-5-18-14(12(16)13(17-18)15(19)20)11-7-6-8(2)9(3)10(11)4/h6-7H,5H2,1-4H3,(H,19,20). The molecular formula is C15H17BrN2O2. The smallest absolute Gasteiger partial charge is 0.357 e. The zero-order valence-electron chi connectivity index (χ0n) is 12.0. The maximum Gasteiger partial charge on any atom is 0.357 e. The van der Waals surface area contributed by atoms with Gasteiger partial charge in [-0.25, -0.2) is 4.79 Å². The van der Waals surface area contributed by atoms with Crippen molar-refractivity contribution < 1.29 is 9.90 Å².